The van der Waals surface area contributed by atoms with Crippen molar-refractivity contribution in [3.05, 3.63) is 100 Å². The molecule has 4 aromatic rings. The molecule has 0 radical (unpaired) electrons. The highest BCUT2D eigenvalue weighted by atomic mass is 35.5. The molecule has 2 atom stereocenters. The lowest BCUT2D eigenvalue weighted by molar-refractivity contribution is 0.197. The van der Waals surface area contributed by atoms with Crippen molar-refractivity contribution in [2.24, 2.45) is 4.99 Å². The van der Waals surface area contributed by atoms with Gasteiger partial charge in [0.05, 0.1) is 10.2 Å². The second-order valence-electron chi connectivity index (χ2n) is 6.37. The van der Waals surface area contributed by atoms with E-state index in [2.05, 4.69) is 24.3 Å². The molecule has 0 amide bonds. The van der Waals surface area contributed by atoms with Crippen LogP contribution in [0.25, 0.3) is 10.2 Å². The van der Waals surface area contributed by atoms with Gasteiger partial charge in [0.2, 0.25) is 5.90 Å². The van der Waals surface area contributed by atoms with E-state index in [0.717, 1.165) is 26.4 Å². The summed E-state index contributed by atoms with van der Waals surface area (Å²) in [6.07, 6.45) is -0.167. The molecule has 27 heavy (non-hydrogen) atoms. The van der Waals surface area contributed by atoms with Crippen LogP contribution in [0, 0.1) is 0 Å². The molecule has 0 N–H and O–H groups in total. The minimum absolute atomic E-state index is 0.0980. The van der Waals surface area contributed by atoms with Crippen molar-refractivity contribution in [2.75, 3.05) is 0 Å². The summed E-state index contributed by atoms with van der Waals surface area (Å²) in [6, 6.07) is 26.1. The molecule has 3 nitrogen and oxygen atoms in total. The van der Waals surface area contributed by atoms with Gasteiger partial charge in [-0.1, -0.05) is 72.3 Å². The summed E-state index contributed by atoms with van der Waals surface area (Å²) in [6.45, 7) is 0. The Labute approximate surface area is 165 Å². The summed E-state index contributed by atoms with van der Waals surface area (Å²) in [5.74, 6) is 0.593. The van der Waals surface area contributed by atoms with Gasteiger partial charge in [0, 0.05) is 5.02 Å². The van der Waals surface area contributed by atoms with Gasteiger partial charge in [-0.05, 0) is 29.3 Å². The highest BCUT2D eigenvalue weighted by Crippen LogP contribution is 2.41. The van der Waals surface area contributed by atoms with Crippen LogP contribution in [0.5, 0.6) is 0 Å². The molecule has 1 aromatic heterocycles. The molecule has 2 heterocycles. The maximum atomic E-state index is 6.33. The van der Waals surface area contributed by atoms with Crippen LogP contribution in [0.3, 0.4) is 0 Å². The van der Waals surface area contributed by atoms with Gasteiger partial charge in [-0.3, -0.25) is 0 Å². The van der Waals surface area contributed by atoms with E-state index in [4.69, 9.17) is 26.3 Å². The molecular weight excluding hydrogens is 376 g/mol. The van der Waals surface area contributed by atoms with E-state index in [1.165, 1.54) is 0 Å². The van der Waals surface area contributed by atoms with Gasteiger partial charge in [0.1, 0.15) is 6.04 Å². The van der Waals surface area contributed by atoms with Crippen molar-refractivity contribution >= 4 is 39.1 Å². The summed E-state index contributed by atoms with van der Waals surface area (Å²) in [7, 11) is 0. The first-order chi connectivity index (χ1) is 13.3. The van der Waals surface area contributed by atoms with Gasteiger partial charge in [-0.25, -0.2) is 9.98 Å². The monoisotopic (exact) mass is 390 g/mol. The first-order valence-corrected chi connectivity index (χ1v) is 9.88. The second kappa shape index (κ2) is 6.80. The standard InChI is InChI=1S/C22H15ClN2OS/c23-16-11-12-18-17(13-16)24-22(27-18)21-25-19(14-7-3-1-4-8-14)20(26-21)15-9-5-2-6-10-15/h1-13,19-20H/t19-,20-/m1/s1. The van der Waals surface area contributed by atoms with Crippen molar-refractivity contribution in [1.82, 2.24) is 4.98 Å². The normalized spacial score (nSPS) is 19.1. The first-order valence-electron chi connectivity index (χ1n) is 8.69. The van der Waals surface area contributed by atoms with Crippen LogP contribution < -0.4 is 0 Å². The molecule has 0 unspecified atom stereocenters. The average molecular weight is 391 g/mol. The zero-order valence-corrected chi connectivity index (χ0v) is 15.8. The maximum absolute atomic E-state index is 6.33. The molecule has 5 heteroatoms. The van der Waals surface area contributed by atoms with Gasteiger partial charge in [0.15, 0.2) is 11.1 Å². The quantitative estimate of drug-likeness (QED) is 0.416. The van der Waals surface area contributed by atoms with Crippen molar-refractivity contribution in [3.8, 4) is 0 Å². The Morgan fingerprint density at radius 2 is 1.56 bits per heavy atom. The summed E-state index contributed by atoms with van der Waals surface area (Å²) in [5, 5.41) is 1.46. The number of halogens is 1. The zero-order valence-electron chi connectivity index (χ0n) is 14.2. The molecule has 0 spiro atoms. The number of nitrogens with zero attached hydrogens (tertiary/aromatic N) is 2. The molecule has 132 valence electrons. The molecule has 0 saturated heterocycles. The Morgan fingerprint density at radius 1 is 0.852 bits per heavy atom. The van der Waals surface area contributed by atoms with Crippen LogP contribution in [0.2, 0.25) is 5.02 Å². The highest BCUT2D eigenvalue weighted by Gasteiger charge is 2.35. The Bertz CT molecular complexity index is 1120. The number of hydrogen-bond acceptors (Lipinski definition) is 4. The smallest absolute Gasteiger partial charge is 0.247 e. The van der Waals surface area contributed by atoms with E-state index >= 15 is 0 Å². The van der Waals surface area contributed by atoms with Gasteiger partial charge in [-0.2, -0.15) is 0 Å². The second-order valence-corrected chi connectivity index (χ2v) is 7.84. The minimum atomic E-state index is -0.167. The number of aliphatic imine (C=N–C) groups is 1. The number of hydrogen-bond donors (Lipinski definition) is 0. The number of benzene rings is 3. The van der Waals surface area contributed by atoms with E-state index in [-0.39, 0.29) is 12.1 Å². The van der Waals surface area contributed by atoms with Gasteiger partial charge in [-0.15, -0.1) is 11.3 Å². The number of fused-ring (bicyclic) bond motifs is 1. The fraction of sp³-hybridized carbons (Fsp3) is 0.0909. The van der Waals surface area contributed by atoms with E-state index in [1.807, 2.05) is 54.6 Å². The van der Waals surface area contributed by atoms with Crippen molar-refractivity contribution < 1.29 is 4.74 Å². The third kappa shape index (κ3) is 3.11. The summed E-state index contributed by atoms with van der Waals surface area (Å²) < 4.78 is 7.39. The molecule has 1 aliphatic heterocycles. The topological polar surface area (TPSA) is 34.5 Å². The molecular formula is C22H15ClN2OS. The van der Waals surface area contributed by atoms with E-state index < -0.39 is 0 Å². The van der Waals surface area contributed by atoms with Crippen LogP contribution in [0.1, 0.15) is 28.3 Å². The lowest BCUT2D eigenvalue weighted by Gasteiger charge is -2.18. The Kier molecular flexibility index (Phi) is 4.15. The van der Waals surface area contributed by atoms with Gasteiger partial charge < -0.3 is 4.74 Å². The SMILES string of the molecule is Clc1ccc2sc(C3=N[C@H](c4ccccc4)[C@@H](c4ccccc4)O3)nc2c1. The van der Waals surface area contributed by atoms with E-state index in [0.29, 0.717) is 10.9 Å². The average Bonchev–Trinajstić information content (AvgIpc) is 3.33. The third-order valence-corrected chi connectivity index (χ3v) is 5.84. The Balaban J connectivity index is 1.58. The van der Waals surface area contributed by atoms with E-state index in [9.17, 15) is 0 Å². The van der Waals surface area contributed by atoms with Crippen LogP contribution in [-0.2, 0) is 4.74 Å². The zero-order chi connectivity index (χ0) is 18.2. The van der Waals surface area contributed by atoms with Crippen molar-refractivity contribution in [2.45, 2.75) is 12.1 Å². The molecule has 0 saturated carbocycles. The largest absolute Gasteiger partial charge is 0.465 e. The van der Waals surface area contributed by atoms with Gasteiger partial charge in [0.25, 0.3) is 0 Å². The molecule has 0 aliphatic carbocycles. The molecule has 5 rings (SSSR count). The van der Waals surface area contributed by atoms with Crippen molar-refractivity contribution in [1.29, 1.82) is 0 Å². The summed E-state index contributed by atoms with van der Waals surface area (Å²) in [5.41, 5.74) is 3.10. The summed E-state index contributed by atoms with van der Waals surface area (Å²) >= 11 is 7.67. The third-order valence-electron chi connectivity index (χ3n) is 4.58. The van der Waals surface area contributed by atoms with Gasteiger partial charge >= 0.3 is 0 Å². The molecule has 1 aliphatic rings. The summed E-state index contributed by atoms with van der Waals surface area (Å²) in [4.78, 5) is 9.60. The minimum Gasteiger partial charge on any atom is -0.465 e. The highest BCUT2D eigenvalue weighted by molar-refractivity contribution is 7.20. The predicted molar refractivity (Wildman–Crippen MR) is 111 cm³/mol. The number of ether oxygens (including phenoxy) is 1. The molecule has 3 aromatic carbocycles. The molecule has 0 fully saturated rings. The predicted octanol–water partition coefficient (Wildman–Crippen LogP) is 6.21. The first kappa shape index (κ1) is 16.5. The van der Waals surface area contributed by atoms with Crippen LogP contribution in [0.4, 0.5) is 0 Å². The van der Waals surface area contributed by atoms with Crippen molar-refractivity contribution in [3.63, 3.8) is 0 Å². The number of thiazole rings is 1. The van der Waals surface area contributed by atoms with E-state index in [1.54, 1.807) is 11.3 Å². The van der Waals surface area contributed by atoms with Crippen LogP contribution in [-0.4, -0.2) is 10.9 Å². The fourth-order valence-electron chi connectivity index (χ4n) is 3.30. The number of aromatic nitrogens is 1. The fourth-order valence-corrected chi connectivity index (χ4v) is 4.35. The molecule has 0 bridgehead atoms. The van der Waals surface area contributed by atoms with Crippen LogP contribution in [0.15, 0.2) is 83.9 Å². The number of rotatable bonds is 3. The Hall–Kier alpha value is -2.69. The lowest BCUT2D eigenvalue weighted by atomic mass is 9.97. The lowest BCUT2D eigenvalue weighted by Crippen LogP contribution is -2.09. The Morgan fingerprint density at radius 3 is 2.30 bits per heavy atom. The maximum Gasteiger partial charge on any atom is 0.247 e. The van der Waals surface area contributed by atoms with Crippen LogP contribution >= 0.6 is 22.9 Å².